The van der Waals surface area contributed by atoms with Gasteiger partial charge in [-0.2, -0.15) is 8.62 Å². The Bertz CT molecular complexity index is 2330. The first-order valence-corrected chi connectivity index (χ1v) is 31.2. The summed E-state index contributed by atoms with van der Waals surface area (Å²) in [6.45, 7) is 4.40. The molecule has 1 aliphatic carbocycles. The molecule has 74 heavy (non-hydrogen) atoms. The second-order valence-electron chi connectivity index (χ2n) is 19.1. The SMILES string of the molecule is CCCCCCCCCCCCCC(=O)Oc1ccc(COP(=O)(OCc2ccc(OC(=O)CCCCCCCCCCCCC)cc2)OP(=O)(O)OP(=O)(O)OC[C@@H]2C=C[C@H](n3cc(C)c(=O)[nH]c3=O)C2)cc1. The van der Waals surface area contributed by atoms with Gasteiger partial charge in [0.2, 0.25) is 0 Å². The first kappa shape index (κ1) is 62.7. The van der Waals surface area contributed by atoms with Crippen molar-refractivity contribution in [3.05, 3.63) is 104 Å². The van der Waals surface area contributed by atoms with Crippen LogP contribution in [0.25, 0.3) is 0 Å². The zero-order valence-corrected chi connectivity index (χ0v) is 46.4. The van der Waals surface area contributed by atoms with Crippen molar-refractivity contribution in [1.82, 2.24) is 9.55 Å². The number of H-pyrrole nitrogens is 1. The molecule has 18 nitrogen and oxygen atoms in total. The van der Waals surface area contributed by atoms with Crippen molar-refractivity contribution in [2.75, 3.05) is 6.61 Å². The van der Waals surface area contributed by atoms with Crippen LogP contribution in [0.5, 0.6) is 11.5 Å². The molecule has 1 aliphatic rings. The number of carbonyl (C=O) groups excluding carboxylic acids is 2. The molecule has 4 atom stereocenters. The molecule has 3 aromatic rings. The molecular formula is C53H81N2O16P3. The number of rotatable bonds is 40. The van der Waals surface area contributed by atoms with Gasteiger partial charge in [-0.25, -0.2) is 18.5 Å². The molecule has 4 rings (SSSR count). The predicted molar refractivity (Wildman–Crippen MR) is 284 cm³/mol. The molecular weight excluding hydrogens is 1010 g/mol. The number of nitrogens with one attached hydrogen (secondary N) is 1. The molecule has 21 heteroatoms. The summed E-state index contributed by atoms with van der Waals surface area (Å²) < 4.78 is 78.0. The highest BCUT2D eigenvalue weighted by Gasteiger charge is 2.44. The summed E-state index contributed by atoms with van der Waals surface area (Å²) in [5.74, 6) is -0.804. The Labute approximate surface area is 437 Å². The second-order valence-corrected chi connectivity index (χ2v) is 24.0. The Morgan fingerprint density at radius 2 is 1.00 bits per heavy atom. The molecule has 414 valence electrons. The van der Waals surface area contributed by atoms with E-state index in [0.717, 1.165) is 38.5 Å². The number of unbranched alkanes of at least 4 members (excludes halogenated alkanes) is 20. The highest BCUT2D eigenvalue weighted by Crippen LogP contribution is 2.69. The van der Waals surface area contributed by atoms with Gasteiger partial charge in [-0.1, -0.05) is 179 Å². The van der Waals surface area contributed by atoms with E-state index < -0.39 is 66.5 Å². The lowest BCUT2D eigenvalue weighted by atomic mass is 10.1. The van der Waals surface area contributed by atoms with Gasteiger partial charge >= 0.3 is 41.1 Å². The van der Waals surface area contributed by atoms with Gasteiger partial charge in [0.15, 0.2) is 0 Å². The van der Waals surface area contributed by atoms with E-state index in [0.29, 0.717) is 29.5 Å². The number of hydrogen-bond acceptors (Lipinski definition) is 14. The minimum absolute atomic E-state index is 0.210. The van der Waals surface area contributed by atoms with Crippen molar-refractivity contribution in [2.45, 2.75) is 201 Å². The fourth-order valence-corrected chi connectivity index (χ4v) is 12.4. The first-order valence-electron chi connectivity index (χ1n) is 26.7. The van der Waals surface area contributed by atoms with E-state index in [-0.39, 0.29) is 42.7 Å². The van der Waals surface area contributed by atoms with Gasteiger partial charge in [-0.05, 0) is 61.6 Å². The van der Waals surface area contributed by atoms with Gasteiger partial charge in [-0.15, -0.1) is 0 Å². The summed E-state index contributed by atoms with van der Waals surface area (Å²) in [6, 6.07) is 11.5. The number of aromatic amines is 1. The van der Waals surface area contributed by atoms with Crippen LogP contribution in [-0.2, 0) is 58.7 Å². The third-order valence-corrected chi connectivity index (χ3v) is 17.2. The van der Waals surface area contributed by atoms with Crippen molar-refractivity contribution in [3.63, 3.8) is 0 Å². The molecule has 0 amide bonds. The highest BCUT2D eigenvalue weighted by atomic mass is 31.3. The molecule has 0 fully saturated rings. The van der Waals surface area contributed by atoms with Crippen molar-refractivity contribution in [1.29, 1.82) is 0 Å². The summed E-state index contributed by atoms with van der Waals surface area (Å²) >= 11 is 0. The number of carbonyl (C=O) groups is 2. The normalized spacial score (nSPS) is 16.2. The summed E-state index contributed by atoms with van der Waals surface area (Å²) in [7, 11) is -16.3. The van der Waals surface area contributed by atoms with Crippen molar-refractivity contribution >= 4 is 35.4 Å². The smallest absolute Gasteiger partial charge is 0.427 e. The molecule has 1 aromatic heterocycles. The molecule has 0 bridgehead atoms. The lowest BCUT2D eigenvalue weighted by Crippen LogP contribution is -2.32. The average Bonchev–Trinajstić information content (AvgIpc) is 3.83. The lowest BCUT2D eigenvalue weighted by Gasteiger charge is -2.22. The summed E-state index contributed by atoms with van der Waals surface area (Å²) in [5.41, 5.74) is -0.164. The summed E-state index contributed by atoms with van der Waals surface area (Å²) in [4.78, 5) is 72.7. The fraction of sp³-hybridized carbons (Fsp3) is 0.623. The monoisotopic (exact) mass is 1090 g/mol. The van der Waals surface area contributed by atoms with Gasteiger partial charge in [0, 0.05) is 30.5 Å². The minimum atomic E-state index is -5.78. The van der Waals surface area contributed by atoms with E-state index in [9.17, 15) is 42.7 Å². The Morgan fingerprint density at radius 1 is 0.581 bits per heavy atom. The number of phosphoric acid groups is 3. The topological polar surface area (TPSA) is 245 Å². The second kappa shape index (κ2) is 34.1. The van der Waals surface area contributed by atoms with Crippen LogP contribution in [-0.4, -0.2) is 37.9 Å². The van der Waals surface area contributed by atoms with Crippen LogP contribution in [0.3, 0.4) is 0 Å². The highest BCUT2D eigenvalue weighted by molar-refractivity contribution is 7.67. The zero-order valence-electron chi connectivity index (χ0n) is 43.7. The van der Waals surface area contributed by atoms with Crippen LogP contribution in [0, 0.1) is 12.8 Å². The van der Waals surface area contributed by atoms with Crippen LogP contribution in [0.4, 0.5) is 0 Å². The van der Waals surface area contributed by atoms with Gasteiger partial charge < -0.3 is 19.3 Å². The maximum Gasteiger partial charge on any atom is 0.490 e. The number of nitrogens with zero attached hydrogens (tertiary/aromatic N) is 1. The molecule has 0 saturated carbocycles. The van der Waals surface area contributed by atoms with E-state index in [2.05, 4.69) is 23.1 Å². The van der Waals surface area contributed by atoms with E-state index in [1.165, 1.54) is 156 Å². The quantitative estimate of drug-likeness (QED) is 0.0157. The summed E-state index contributed by atoms with van der Waals surface area (Å²) in [6.07, 6.45) is 30.8. The number of hydrogen-bond donors (Lipinski definition) is 3. The molecule has 2 unspecified atom stereocenters. The Morgan fingerprint density at radius 3 is 1.43 bits per heavy atom. The maximum absolute atomic E-state index is 14.1. The number of ether oxygens (including phenoxy) is 2. The maximum atomic E-state index is 14.1. The van der Waals surface area contributed by atoms with Gasteiger partial charge in [0.25, 0.3) is 5.56 Å². The molecule has 0 spiro atoms. The van der Waals surface area contributed by atoms with Crippen LogP contribution < -0.4 is 20.7 Å². The van der Waals surface area contributed by atoms with E-state index in [1.807, 2.05) is 0 Å². The van der Waals surface area contributed by atoms with Gasteiger partial charge in [0.05, 0.1) is 25.9 Å². The van der Waals surface area contributed by atoms with Crippen LogP contribution in [0.2, 0.25) is 0 Å². The van der Waals surface area contributed by atoms with Crippen LogP contribution in [0.1, 0.15) is 197 Å². The van der Waals surface area contributed by atoms with E-state index >= 15 is 0 Å². The molecule has 3 N–H and O–H groups in total. The first-order chi connectivity index (χ1) is 35.5. The zero-order chi connectivity index (χ0) is 53.7. The number of phosphoric ester groups is 2. The van der Waals surface area contributed by atoms with Crippen LogP contribution >= 0.6 is 23.5 Å². The lowest BCUT2D eigenvalue weighted by molar-refractivity contribution is -0.135. The molecule has 0 aliphatic heterocycles. The third-order valence-electron chi connectivity index (χ3n) is 12.6. The Hall–Kier alpha value is -3.79. The largest absolute Gasteiger partial charge is 0.490 e. The Balaban J connectivity index is 1.29. The van der Waals surface area contributed by atoms with Gasteiger partial charge in [0.1, 0.15) is 11.5 Å². The number of benzene rings is 2. The van der Waals surface area contributed by atoms with E-state index in [1.54, 1.807) is 12.2 Å². The number of esters is 2. The Kier molecular flexibility index (Phi) is 28.9. The standard InChI is InChI=1S/C53H81N2O16P3/c1-4-6-8-10-12-14-16-18-20-22-24-26-50(56)68-48-34-29-44(30-35-48)40-66-74(64,67-41-45-31-36-49(37-32-45)69-51(57)27-25-23-21-19-17-15-13-11-9-7-5-2)71-73(62,63)70-72(60,61)65-42-46-28-33-47(38-46)55-39-43(3)52(58)54-53(55)59/h28-37,39,46-47H,4-27,38,40-42H2,1-3H3,(H,60,61)(H,62,63)(H,54,58,59)/t46-,47+/m1/s1. The van der Waals surface area contributed by atoms with Crippen LogP contribution in [0.15, 0.2) is 76.5 Å². The number of allylic oxidation sites excluding steroid dienone is 1. The predicted octanol–water partition coefficient (Wildman–Crippen LogP) is 14.0. The molecule has 2 aromatic carbocycles. The number of aromatic nitrogens is 2. The minimum Gasteiger partial charge on any atom is -0.427 e. The molecule has 0 saturated heterocycles. The van der Waals surface area contributed by atoms with Crippen molar-refractivity contribution < 1.29 is 64.7 Å². The molecule has 1 heterocycles. The average molecular weight is 1100 g/mol. The van der Waals surface area contributed by atoms with Crippen molar-refractivity contribution in [2.24, 2.45) is 5.92 Å². The van der Waals surface area contributed by atoms with Crippen molar-refractivity contribution in [3.8, 4) is 11.5 Å². The third kappa shape index (κ3) is 25.8. The van der Waals surface area contributed by atoms with Gasteiger partial charge in [-0.3, -0.25) is 37.5 Å². The number of aryl methyl sites for hydroxylation is 1. The fourth-order valence-electron chi connectivity index (χ4n) is 8.33. The summed E-state index contributed by atoms with van der Waals surface area (Å²) in [5, 5.41) is 0. The molecule has 0 radical (unpaired) electrons. The van der Waals surface area contributed by atoms with E-state index in [4.69, 9.17) is 27.4 Å².